The minimum atomic E-state index is -0.326. The van der Waals surface area contributed by atoms with E-state index in [0.717, 1.165) is 17.1 Å². The molecule has 5 heteroatoms. The monoisotopic (exact) mass is 420 g/mol. The molecule has 4 aromatic rings. The Balaban J connectivity index is 1.54. The van der Waals surface area contributed by atoms with Crippen LogP contribution in [0.5, 0.6) is 0 Å². The molecule has 0 saturated heterocycles. The van der Waals surface area contributed by atoms with Crippen LogP contribution in [0.2, 0.25) is 0 Å². The van der Waals surface area contributed by atoms with E-state index in [1.165, 1.54) is 0 Å². The van der Waals surface area contributed by atoms with Crippen molar-refractivity contribution in [3.8, 4) is 5.69 Å². The van der Waals surface area contributed by atoms with Crippen molar-refractivity contribution in [1.82, 2.24) is 4.57 Å². The summed E-state index contributed by atoms with van der Waals surface area (Å²) in [4.78, 5) is 39.4. The van der Waals surface area contributed by atoms with Crippen molar-refractivity contribution < 1.29 is 14.4 Å². The lowest BCUT2D eigenvalue weighted by atomic mass is 9.83. The summed E-state index contributed by atoms with van der Waals surface area (Å²) in [6.07, 6.45) is 0. The van der Waals surface area contributed by atoms with Crippen LogP contribution in [0.25, 0.3) is 5.69 Å². The first-order valence-electron chi connectivity index (χ1n) is 10.3. The van der Waals surface area contributed by atoms with Crippen molar-refractivity contribution in [1.29, 1.82) is 0 Å². The molecule has 5 nitrogen and oxygen atoms in total. The Morgan fingerprint density at radius 3 is 2.09 bits per heavy atom. The van der Waals surface area contributed by atoms with Gasteiger partial charge in [0, 0.05) is 33.8 Å². The number of hydrogen-bond acceptors (Lipinski definition) is 3. The van der Waals surface area contributed by atoms with Gasteiger partial charge in [-0.3, -0.25) is 14.4 Å². The second-order valence-electron chi connectivity index (χ2n) is 7.84. The average molecular weight is 420 g/mol. The van der Waals surface area contributed by atoms with E-state index < -0.39 is 0 Å². The molecule has 0 fully saturated rings. The van der Waals surface area contributed by atoms with Gasteiger partial charge < -0.3 is 9.88 Å². The fourth-order valence-electron chi connectivity index (χ4n) is 4.41. The fourth-order valence-corrected chi connectivity index (χ4v) is 4.41. The van der Waals surface area contributed by atoms with Gasteiger partial charge in [0.1, 0.15) is 0 Å². The van der Waals surface area contributed by atoms with E-state index in [9.17, 15) is 14.4 Å². The predicted molar refractivity (Wildman–Crippen MR) is 123 cm³/mol. The van der Waals surface area contributed by atoms with Gasteiger partial charge in [0.2, 0.25) is 0 Å². The number of fused-ring (bicyclic) bond motifs is 2. The number of amides is 1. The molecule has 0 atom stereocenters. The number of carbonyl (C=O) groups is 3. The number of anilines is 1. The Hall–Kier alpha value is -4.25. The number of hydrogen-bond donors (Lipinski definition) is 1. The largest absolute Gasteiger partial charge is 0.321 e. The molecular weight excluding hydrogens is 400 g/mol. The summed E-state index contributed by atoms with van der Waals surface area (Å²) in [7, 11) is 0. The van der Waals surface area contributed by atoms with Gasteiger partial charge >= 0.3 is 0 Å². The second-order valence-corrected chi connectivity index (χ2v) is 7.84. The lowest BCUT2D eigenvalue weighted by Crippen LogP contribution is -2.24. The molecule has 5 rings (SSSR count). The number of nitrogens with zero attached hydrogens (tertiary/aromatic N) is 1. The second kappa shape index (κ2) is 7.46. The Labute approximate surface area is 185 Å². The van der Waals surface area contributed by atoms with Crippen molar-refractivity contribution in [2.75, 3.05) is 5.32 Å². The van der Waals surface area contributed by atoms with Crippen molar-refractivity contribution in [2.24, 2.45) is 0 Å². The summed E-state index contributed by atoms with van der Waals surface area (Å²) in [6, 6.07) is 23.4. The lowest BCUT2D eigenvalue weighted by molar-refractivity contribution is 0.0978. The van der Waals surface area contributed by atoms with Gasteiger partial charge in [-0.2, -0.15) is 0 Å². The molecule has 3 aromatic carbocycles. The van der Waals surface area contributed by atoms with Crippen LogP contribution >= 0.6 is 0 Å². The number of nitrogens with one attached hydrogen (secondary N) is 1. The van der Waals surface area contributed by atoms with E-state index in [2.05, 4.69) is 5.32 Å². The Morgan fingerprint density at radius 1 is 0.750 bits per heavy atom. The van der Waals surface area contributed by atoms with E-state index >= 15 is 0 Å². The molecule has 1 N–H and O–H groups in total. The molecule has 0 radical (unpaired) electrons. The summed E-state index contributed by atoms with van der Waals surface area (Å²) >= 11 is 0. The fraction of sp³-hybridized carbons (Fsp3) is 0.0741. The summed E-state index contributed by atoms with van der Waals surface area (Å²) < 4.78 is 2.01. The van der Waals surface area contributed by atoms with Crippen LogP contribution in [0, 0.1) is 13.8 Å². The molecule has 0 spiro atoms. The molecule has 1 aliphatic rings. The quantitative estimate of drug-likeness (QED) is 0.440. The molecule has 1 aliphatic carbocycles. The number of benzene rings is 3. The Bertz CT molecular complexity index is 1410. The van der Waals surface area contributed by atoms with E-state index in [4.69, 9.17) is 0 Å². The number of carbonyl (C=O) groups excluding carboxylic acids is 3. The number of rotatable bonds is 3. The first kappa shape index (κ1) is 19.7. The van der Waals surface area contributed by atoms with Gasteiger partial charge in [0.15, 0.2) is 11.6 Å². The highest BCUT2D eigenvalue weighted by Crippen LogP contribution is 2.32. The van der Waals surface area contributed by atoms with Crippen LogP contribution in [0.15, 0.2) is 78.9 Å². The molecule has 0 saturated carbocycles. The zero-order valence-corrected chi connectivity index (χ0v) is 17.7. The molecule has 1 amide bonds. The smallest absolute Gasteiger partial charge is 0.257 e. The minimum Gasteiger partial charge on any atom is -0.321 e. The van der Waals surface area contributed by atoms with Crippen LogP contribution < -0.4 is 5.32 Å². The van der Waals surface area contributed by atoms with Crippen molar-refractivity contribution in [3.63, 3.8) is 0 Å². The highest BCUT2D eigenvalue weighted by molar-refractivity contribution is 6.30. The van der Waals surface area contributed by atoms with Crippen LogP contribution in [0.1, 0.15) is 53.6 Å². The van der Waals surface area contributed by atoms with Crippen LogP contribution in [-0.4, -0.2) is 22.0 Å². The van der Waals surface area contributed by atoms with Gasteiger partial charge in [0.25, 0.3) is 5.91 Å². The average Bonchev–Trinajstić information content (AvgIpc) is 3.12. The van der Waals surface area contributed by atoms with Crippen LogP contribution in [0.4, 0.5) is 5.69 Å². The van der Waals surface area contributed by atoms with Gasteiger partial charge in [-0.15, -0.1) is 0 Å². The third-order valence-corrected chi connectivity index (χ3v) is 5.89. The van der Waals surface area contributed by atoms with E-state index in [0.29, 0.717) is 27.9 Å². The van der Waals surface area contributed by atoms with Gasteiger partial charge in [-0.1, -0.05) is 54.6 Å². The third kappa shape index (κ3) is 2.98. The molecular formula is C27H20N2O3. The SMILES string of the molecule is Cc1cc(C(=O)Nc2cccc3c2C(=O)c2ccccc2C3=O)c(C)n1-c1ccccc1. The first-order chi connectivity index (χ1) is 15.5. The normalized spacial score (nSPS) is 12.3. The maximum atomic E-state index is 13.2. The van der Waals surface area contributed by atoms with E-state index in [1.54, 1.807) is 42.5 Å². The minimum absolute atomic E-state index is 0.214. The van der Waals surface area contributed by atoms with Crippen molar-refractivity contribution >= 4 is 23.2 Å². The summed E-state index contributed by atoms with van der Waals surface area (Å²) in [6.45, 7) is 3.83. The topological polar surface area (TPSA) is 68.2 Å². The van der Waals surface area contributed by atoms with Gasteiger partial charge in [0.05, 0.1) is 16.8 Å². The van der Waals surface area contributed by atoms with E-state index in [1.807, 2.05) is 54.8 Å². The zero-order chi connectivity index (χ0) is 22.4. The third-order valence-electron chi connectivity index (χ3n) is 5.89. The van der Waals surface area contributed by atoms with Gasteiger partial charge in [-0.05, 0) is 38.1 Å². The van der Waals surface area contributed by atoms with Gasteiger partial charge in [-0.25, -0.2) is 0 Å². The molecule has 1 aromatic heterocycles. The maximum Gasteiger partial charge on any atom is 0.257 e. The predicted octanol–water partition coefficient (Wildman–Crippen LogP) is 5.12. The number of para-hydroxylation sites is 1. The number of aryl methyl sites for hydroxylation is 1. The summed E-state index contributed by atoms with van der Waals surface area (Å²) in [5.41, 5.74) is 4.83. The highest BCUT2D eigenvalue weighted by Gasteiger charge is 2.32. The molecule has 1 heterocycles. The Kier molecular flexibility index (Phi) is 4.59. The first-order valence-corrected chi connectivity index (χ1v) is 10.3. The molecule has 0 unspecified atom stereocenters. The van der Waals surface area contributed by atoms with E-state index in [-0.39, 0.29) is 23.0 Å². The standard InChI is InChI=1S/C27H20N2O3/c1-16-15-22(17(2)29(16)18-9-4-3-5-10-18)27(32)28-23-14-8-13-21-24(23)26(31)20-12-7-6-11-19(20)25(21)30/h3-15H,1-2H3,(H,28,32). The van der Waals surface area contributed by atoms with Crippen molar-refractivity contribution in [2.45, 2.75) is 13.8 Å². The van der Waals surface area contributed by atoms with Crippen LogP contribution in [-0.2, 0) is 0 Å². The lowest BCUT2D eigenvalue weighted by Gasteiger charge is -2.20. The molecule has 0 aliphatic heterocycles. The molecule has 32 heavy (non-hydrogen) atoms. The number of ketones is 2. The van der Waals surface area contributed by atoms with Crippen LogP contribution in [0.3, 0.4) is 0 Å². The maximum absolute atomic E-state index is 13.2. The number of aromatic nitrogens is 1. The highest BCUT2D eigenvalue weighted by atomic mass is 16.2. The summed E-state index contributed by atoms with van der Waals surface area (Å²) in [5.74, 6) is -0.804. The zero-order valence-electron chi connectivity index (χ0n) is 17.7. The summed E-state index contributed by atoms with van der Waals surface area (Å²) in [5, 5.41) is 2.88. The molecule has 156 valence electrons. The van der Waals surface area contributed by atoms with Crippen molar-refractivity contribution in [3.05, 3.63) is 118 Å². The molecule has 0 bridgehead atoms. The Morgan fingerprint density at radius 2 is 1.38 bits per heavy atom.